The molecule has 0 saturated heterocycles. The smallest absolute Gasteiger partial charge is 0.308 e. The van der Waals surface area contributed by atoms with E-state index in [2.05, 4.69) is 19.9 Å². The number of benzene rings is 1. The molecule has 0 bridgehead atoms. The molecule has 0 unspecified atom stereocenters. The first kappa shape index (κ1) is 9.45. The number of hydrogen-bond acceptors (Lipinski definition) is 0. The normalized spacial score (nSPS) is 10.2. The van der Waals surface area contributed by atoms with E-state index < -0.39 is 9.85 Å². The summed E-state index contributed by atoms with van der Waals surface area (Å²) in [5, 5.41) is 0.886. The molecule has 0 nitrogen and oxygen atoms in total. The van der Waals surface area contributed by atoms with Crippen molar-refractivity contribution in [3.63, 3.8) is 0 Å². The second-order valence-electron chi connectivity index (χ2n) is 2.74. The van der Waals surface area contributed by atoms with Gasteiger partial charge in [0.2, 0.25) is 0 Å². The molecule has 0 aliphatic heterocycles. The van der Waals surface area contributed by atoms with Gasteiger partial charge in [-0.15, -0.1) is 0 Å². The lowest BCUT2D eigenvalue weighted by molar-refractivity contribution is 0.882. The molecule has 0 aliphatic rings. The Morgan fingerprint density at radius 3 is 2.50 bits per heavy atom. The molecule has 2 radical (unpaired) electrons. The maximum Gasteiger partial charge on any atom is 0.333 e. The zero-order valence-corrected chi connectivity index (χ0v) is 8.52. The van der Waals surface area contributed by atoms with E-state index in [9.17, 15) is 4.11 Å². The second-order valence-corrected chi connectivity index (χ2v) is 3.47. The third kappa shape index (κ3) is 1.75. The summed E-state index contributed by atoms with van der Waals surface area (Å²) in [5.74, 6) is 0. The van der Waals surface area contributed by atoms with Crippen LogP contribution in [0.2, 0.25) is 0 Å². The first-order valence-corrected chi connectivity index (χ1v) is 5.18. The highest BCUT2D eigenvalue weighted by atomic mass is 28.3. The van der Waals surface area contributed by atoms with E-state index in [0.717, 1.165) is 18.0 Å². The molecule has 0 N–H and O–H groups in total. The van der Waals surface area contributed by atoms with E-state index in [-0.39, 0.29) is 0 Å². The van der Waals surface area contributed by atoms with Crippen LogP contribution in [-0.4, -0.2) is 9.85 Å². The molecule has 0 atom stereocenters. The molecule has 0 aromatic heterocycles. The molecule has 64 valence electrons. The lowest BCUT2D eigenvalue weighted by Gasteiger charge is -2.08. The van der Waals surface area contributed by atoms with Crippen molar-refractivity contribution in [2.75, 3.05) is 0 Å². The minimum Gasteiger partial charge on any atom is -0.308 e. The molecule has 1 aromatic carbocycles. The standard InChI is InChI=1S/C10H13FSi/c1-3-8-6-5-7-10(12-11)9(8)4-2/h5-7H,3-4H2,1-2H3. The summed E-state index contributed by atoms with van der Waals surface area (Å²) in [6.45, 7) is 4.19. The monoisotopic (exact) mass is 180 g/mol. The fourth-order valence-corrected chi connectivity index (χ4v) is 2.08. The summed E-state index contributed by atoms with van der Waals surface area (Å²) in [4.78, 5) is 0. The van der Waals surface area contributed by atoms with Crippen LogP contribution in [0.3, 0.4) is 0 Å². The highest BCUT2D eigenvalue weighted by molar-refractivity contribution is 6.47. The molecule has 0 aliphatic carbocycles. The average Bonchev–Trinajstić information content (AvgIpc) is 2.16. The number of halogens is 1. The van der Waals surface area contributed by atoms with Gasteiger partial charge in [-0.25, -0.2) is 0 Å². The van der Waals surface area contributed by atoms with Crippen LogP contribution in [0.1, 0.15) is 25.0 Å². The van der Waals surface area contributed by atoms with Gasteiger partial charge in [0, 0.05) is 0 Å². The van der Waals surface area contributed by atoms with Crippen LogP contribution in [0.5, 0.6) is 0 Å². The Kier molecular flexibility index (Phi) is 3.47. The molecule has 0 fully saturated rings. The Labute approximate surface area is 75.8 Å². The van der Waals surface area contributed by atoms with Crippen LogP contribution < -0.4 is 5.19 Å². The summed E-state index contributed by atoms with van der Waals surface area (Å²) < 4.78 is 12.5. The largest absolute Gasteiger partial charge is 0.333 e. The van der Waals surface area contributed by atoms with E-state index in [0.29, 0.717) is 0 Å². The van der Waals surface area contributed by atoms with Gasteiger partial charge < -0.3 is 4.11 Å². The summed E-state index contributed by atoms with van der Waals surface area (Å²) >= 11 is 0. The van der Waals surface area contributed by atoms with E-state index >= 15 is 0 Å². The van der Waals surface area contributed by atoms with Crippen molar-refractivity contribution in [1.29, 1.82) is 0 Å². The lowest BCUT2D eigenvalue weighted by atomic mass is 10.0. The van der Waals surface area contributed by atoms with Crippen LogP contribution in [0.25, 0.3) is 0 Å². The highest BCUT2D eigenvalue weighted by Crippen LogP contribution is 2.07. The van der Waals surface area contributed by atoms with E-state index in [1.54, 1.807) is 0 Å². The molecule has 1 rings (SSSR count). The average molecular weight is 180 g/mol. The van der Waals surface area contributed by atoms with Crippen molar-refractivity contribution < 1.29 is 4.11 Å². The van der Waals surface area contributed by atoms with Crippen LogP contribution in [-0.2, 0) is 12.8 Å². The zero-order chi connectivity index (χ0) is 8.97. The second kappa shape index (κ2) is 4.41. The molecule has 0 spiro atoms. The Hall–Kier alpha value is -0.633. The first-order chi connectivity index (χ1) is 5.83. The van der Waals surface area contributed by atoms with Gasteiger partial charge in [-0.2, -0.15) is 0 Å². The summed E-state index contributed by atoms with van der Waals surface area (Å²) in [6, 6.07) is 5.92. The quantitative estimate of drug-likeness (QED) is 0.493. The highest BCUT2D eigenvalue weighted by Gasteiger charge is 2.05. The van der Waals surface area contributed by atoms with Gasteiger partial charge in [0.15, 0.2) is 0 Å². The van der Waals surface area contributed by atoms with Crippen molar-refractivity contribution >= 4 is 15.0 Å². The van der Waals surface area contributed by atoms with Gasteiger partial charge in [-0.3, -0.25) is 0 Å². The first-order valence-electron chi connectivity index (χ1n) is 4.30. The van der Waals surface area contributed by atoms with E-state index in [1.165, 1.54) is 11.1 Å². The van der Waals surface area contributed by atoms with Crippen molar-refractivity contribution in [2.24, 2.45) is 0 Å². The topological polar surface area (TPSA) is 0 Å². The fourth-order valence-electron chi connectivity index (χ4n) is 1.47. The molecule has 1 aromatic rings. The Morgan fingerprint density at radius 1 is 1.25 bits per heavy atom. The SMILES string of the molecule is CCc1cccc([Si]F)c1CC. The van der Waals surface area contributed by atoms with Gasteiger partial charge in [0.25, 0.3) is 0 Å². The number of aryl methyl sites for hydroxylation is 1. The van der Waals surface area contributed by atoms with Crippen molar-refractivity contribution in [1.82, 2.24) is 0 Å². The lowest BCUT2D eigenvalue weighted by Crippen LogP contribution is -2.17. The fraction of sp³-hybridized carbons (Fsp3) is 0.400. The molecule has 0 heterocycles. The maximum absolute atomic E-state index is 12.5. The Morgan fingerprint density at radius 2 is 2.00 bits per heavy atom. The maximum atomic E-state index is 12.5. The molecular weight excluding hydrogens is 167 g/mol. The van der Waals surface area contributed by atoms with Crippen LogP contribution in [0, 0.1) is 0 Å². The minimum atomic E-state index is -0.565. The zero-order valence-electron chi connectivity index (χ0n) is 7.52. The Bertz CT molecular complexity index is 236. The summed E-state index contributed by atoms with van der Waals surface area (Å²) in [5.41, 5.74) is 2.50. The van der Waals surface area contributed by atoms with Crippen molar-refractivity contribution in [2.45, 2.75) is 26.7 Å². The van der Waals surface area contributed by atoms with Gasteiger partial charge in [-0.1, -0.05) is 32.0 Å². The number of hydrogen-bond donors (Lipinski definition) is 0. The van der Waals surface area contributed by atoms with Crippen LogP contribution in [0.4, 0.5) is 4.11 Å². The molecule has 0 amide bonds. The third-order valence-electron chi connectivity index (χ3n) is 2.11. The molecular formula is C10H13FSi. The molecule has 12 heavy (non-hydrogen) atoms. The van der Waals surface area contributed by atoms with Crippen molar-refractivity contribution in [3.05, 3.63) is 29.3 Å². The Balaban J connectivity index is 3.13. The minimum absolute atomic E-state index is 0.565. The van der Waals surface area contributed by atoms with E-state index in [1.807, 2.05) is 12.1 Å². The molecule has 0 saturated carbocycles. The van der Waals surface area contributed by atoms with Crippen LogP contribution in [0.15, 0.2) is 18.2 Å². The van der Waals surface area contributed by atoms with Gasteiger partial charge in [-0.05, 0) is 29.2 Å². The third-order valence-corrected chi connectivity index (χ3v) is 2.78. The number of rotatable bonds is 3. The summed E-state index contributed by atoms with van der Waals surface area (Å²) in [6.07, 6.45) is 1.94. The van der Waals surface area contributed by atoms with E-state index in [4.69, 9.17) is 0 Å². The van der Waals surface area contributed by atoms with Gasteiger partial charge in [0.05, 0.1) is 0 Å². The predicted octanol–water partition coefficient (Wildman–Crippen LogP) is 2.03. The predicted molar refractivity (Wildman–Crippen MR) is 51.7 cm³/mol. The summed E-state index contributed by atoms with van der Waals surface area (Å²) in [7, 11) is -0.565. The van der Waals surface area contributed by atoms with Crippen LogP contribution >= 0.6 is 0 Å². The molecule has 2 heteroatoms. The van der Waals surface area contributed by atoms with Gasteiger partial charge in [0.1, 0.15) is 0 Å². The van der Waals surface area contributed by atoms with Gasteiger partial charge >= 0.3 is 9.85 Å². The van der Waals surface area contributed by atoms with Crippen molar-refractivity contribution in [3.8, 4) is 0 Å².